The number of pyridine rings is 1. The van der Waals surface area contributed by atoms with Crippen LogP contribution in [0.3, 0.4) is 0 Å². The first-order valence-corrected chi connectivity index (χ1v) is 11.9. The van der Waals surface area contributed by atoms with Crippen molar-refractivity contribution >= 4 is 44.2 Å². The fourth-order valence-electron chi connectivity index (χ4n) is 3.92. The van der Waals surface area contributed by atoms with Gasteiger partial charge < -0.3 is 5.32 Å². The van der Waals surface area contributed by atoms with Crippen LogP contribution in [0, 0.1) is 0 Å². The van der Waals surface area contributed by atoms with Crippen molar-refractivity contribution in [3.8, 4) is 0 Å². The predicted molar refractivity (Wildman–Crippen MR) is 120 cm³/mol. The molecule has 1 atom stereocenters. The van der Waals surface area contributed by atoms with E-state index in [1.54, 1.807) is 30.6 Å². The van der Waals surface area contributed by atoms with Crippen LogP contribution in [0.25, 0.3) is 10.8 Å². The van der Waals surface area contributed by atoms with E-state index in [0.717, 1.165) is 34.7 Å². The SMILES string of the molecule is O=C(Nc1cncc2ccccc12)C1CN(S(=O)(=O)NC2CC2)Cc2ccc(Cl)cc21. The lowest BCUT2D eigenvalue weighted by Crippen LogP contribution is -2.47. The highest BCUT2D eigenvalue weighted by atomic mass is 35.5. The monoisotopic (exact) mass is 456 g/mol. The molecule has 0 spiro atoms. The average Bonchev–Trinajstić information content (AvgIpc) is 3.56. The van der Waals surface area contributed by atoms with Gasteiger partial charge in [-0.15, -0.1) is 0 Å². The number of carbonyl (C=O) groups excluding carboxylic acids is 1. The van der Waals surface area contributed by atoms with Gasteiger partial charge in [-0.05, 0) is 36.1 Å². The van der Waals surface area contributed by atoms with E-state index in [0.29, 0.717) is 10.7 Å². The van der Waals surface area contributed by atoms with Crippen LogP contribution >= 0.6 is 11.6 Å². The highest BCUT2D eigenvalue weighted by Crippen LogP contribution is 2.34. The Kier molecular flexibility index (Phi) is 5.18. The number of benzene rings is 2. The van der Waals surface area contributed by atoms with Crippen LogP contribution in [0.5, 0.6) is 0 Å². The van der Waals surface area contributed by atoms with Crippen molar-refractivity contribution in [3.05, 3.63) is 71.0 Å². The van der Waals surface area contributed by atoms with Gasteiger partial charge in [-0.25, -0.2) is 0 Å². The normalized spacial score (nSPS) is 19.2. The zero-order valence-corrected chi connectivity index (χ0v) is 18.2. The Balaban J connectivity index is 1.48. The molecule has 2 N–H and O–H groups in total. The molecule has 9 heteroatoms. The Morgan fingerprint density at radius 1 is 1.13 bits per heavy atom. The molecule has 0 saturated heterocycles. The first-order chi connectivity index (χ1) is 14.9. The molecule has 31 heavy (non-hydrogen) atoms. The Morgan fingerprint density at radius 2 is 1.94 bits per heavy atom. The van der Waals surface area contributed by atoms with Crippen molar-refractivity contribution in [3.63, 3.8) is 0 Å². The number of rotatable bonds is 5. The van der Waals surface area contributed by atoms with E-state index in [1.165, 1.54) is 4.31 Å². The number of anilines is 1. The summed E-state index contributed by atoms with van der Waals surface area (Å²) < 4.78 is 29.8. The summed E-state index contributed by atoms with van der Waals surface area (Å²) in [5.41, 5.74) is 2.10. The lowest BCUT2D eigenvalue weighted by Gasteiger charge is -2.33. The lowest BCUT2D eigenvalue weighted by atomic mass is 9.90. The standard InChI is InChI=1S/C22H21ClN4O3S/c23-16-6-5-15-12-27(31(29,30)26-17-7-8-17)13-20(19(15)9-16)22(28)25-21-11-24-10-14-3-1-2-4-18(14)21/h1-6,9-11,17,20,26H,7-8,12-13H2,(H,25,28). The molecule has 0 radical (unpaired) electrons. The van der Waals surface area contributed by atoms with Gasteiger partial charge in [-0.3, -0.25) is 9.78 Å². The zero-order chi connectivity index (χ0) is 21.6. The van der Waals surface area contributed by atoms with Crippen LogP contribution in [0.15, 0.2) is 54.9 Å². The molecule has 1 aliphatic carbocycles. The molecule has 2 heterocycles. The van der Waals surface area contributed by atoms with Gasteiger partial charge in [-0.2, -0.15) is 17.4 Å². The van der Waals surface area contributed by atoms with Gasteiger partial charge in [0.1, 0.15) is 0 Å². The van der Waals surface area contributed by atoms with Gasteiger partial charge in [-0.1, -0.05) is 41.9 Å². The smallest absolute Gasteiger partial charge is 0.280 e. The van der Waals surface area contributed by atoms with Crippen LogP contribution < -0.4 is 10.0 Å². The van der Waals surface area contributed by atoms with Gasteiger partial charge in [0.25, 0.3) is 10.2 Å². The van der Waals surface area contributed by atoms with E-state index >= 15 is 0 Å². The molecule has 160 valence electrons. The summed E-state index contributed by atoms with van der Waals surface area (Å²) in [5, 5.41) is 5.24. The quantitative estimate of drug-likeness (QED) is 0.615. The van der Waals surface area contributed by atoms with Gasteiger partial charge in [0.05, 0.1) is 17.8 Å². The molecule has 0 bridgehead atoms. The molecule has 1 aliphatic heterocycles. The number of halogens is 1. The molecule has 2 aromatic carbocycles. The first-order valence-electron chi connectivity index (χ1n) is 10.1. The van der Waals surface area contributed by atoms with Crippen LogP contribution in [-0.4, -0.2) is 36.2 Å². The largest absolute Gasteiger partial charge is 0.324 e. The topological polar surface area (TPSA) is 91.4 Å². The van der Waals surface area contributed by atoms with E-state index < -0.39 is 16.1 Å². The number of amides is 1. The summed E-state index contributed by atoms with van der Waals surface area (Å²) in [6, 6.07) is 12.9. The van der Waals surface area contributed by atoms with E-state index in [9.17, 15) is 13.2 Å². The third-order valence-electron chi connectivity index (χ3n) is 5.69. The number of carbonyl (C=O) groups is 1. The Morgan fingerprint density at radius 3 is 2.74 bits per heavy atom. The molecule has 1 saturated carbocycles. The average molecular weight is 457 g/mol. The van der Waals surface area contributed by atoms with Crippen LogP contribution in [0.1, 0.15) is 29.9 Å². The molecule has 1 unspecified atom stereocenters. The molecule has 1 fully saturated rings. The minimum Gasteiger partial charge on any atom is -0.324 e. The molecule has 1 amide bonds. The molecule has 2 aliphatic rings. The number of hydrogen-bond acceptors (Lipinski definition) is 4. The predicted octanol–water partition coefficient (Wildman–Crippen LogP) is 3.42. The number of hydrogen-bond donors (Lipinski definition) is 2. The lowest BCUT2D eigenvalue weighted by molar-refractivity contribution is -0.118. The van der Waals surface area contributed by atoms with Crippen LogP contribution in [0.2, 0.25) is 5.02 Å². The Labute approximate surface area is 185 Å². The number of aromatic nitrogens is 1. The fraction of sp³-hybridized carbons (Fsp3) is 0.273. The highest BCUT2D eigenvalue weighted by Gasteiger charge is 2.38. The Hall–Kier alpha value is -2.52. The zero-order valence-electron chi connectivity index (χ0n) is 16.6. The number of fused-ring (bicyclic) bond motifs is 2. The summed E-state index contributed by atoms with van der Waals surface area (Å²) in [7, 11) is -3.69. The van der Waals surface area contributed by atoms with E-state index in [1.807, 2.05) is 24.3 Å². The maximum absolute atomic E-state index is 13.4. The maximum Gasteiger partial charge on any atom is 0.280 e. The fourth-order valence-corrected chi connectivity index (χ4v) is 5.56. The van der Waals surface area contributed by atoms with Gasteiger partial charge in [0.15, 0.2) is 0 Å². The number of nitrogens with one attached hydrogen (secondary N) is 2. The number of nitrogens with zero attached hydrogens (tertiary/aromatic N) is 2. The maximum atomic E-state index is 13.4. The summed E-state index contributed by atoms with van der Waals surface area (Å²) in [6.07, 6.45) is 5.03. The van der Waals surface area contributed by atoms with Crippen molar-refractivity contribution in [2.45, 2.75) is 31.3 Å². The van der Waals surface area contributed by atoms with Crippen molar-refractivity contribution in [1.29, 1.82) is 0 Å². The molecule has 3 aromatic rings. The third-order valence-corrected chi connectivity index (χ3v) is 7.52. The summed E-state index contributed by atoms with van der Waals surface area (Å²) >= 11 is 6.20. The van der Waals surface area contributed by atoms with Crippen molar-refractivity contribution in [2.75, 3.05) is 11.9 Å². The molecular formula is C22H21ClN4O3S. The second-order valence-electron chi connectivity index (χ2n) is 7.98. The van der Waals surface area contributed by atoms with Crippen LogP contribution in [0.4, 0.5) is 5.69 Å². The van der Waals surface area contributed by atoms with E-state index in [-0.39, 0.29) is 25.0 Å². The van der Waals surface area contributed by atoms with Crippen molar-refractivity contribution in [2.24, 2.45) is 0 Å². The molecule has 5 rings (SSSR count). The van der Waals surface area contributed by atoms with Gasteiger partial charge in [0.2, 0.25) is 5.91 Å². The first kappa shape index (κ1) is 20.4. The summed E-state index contributed by atoms with van der Waals surface area (Å²) in [5.74, 6) is -0.995. The molecule has 1 aromatic heterocycles. The minimum absolute atomic E-state index is 0.00866. The summed E-state index contributed by atoms with van der Waals surface area (Å²) in [4.78, 5) is 17.6. The summed E-state index contributed by atoms with van der Waals surface area (Å²) in [6.45, 7) is 0.244. The second kappa shape index (κ2) is 7.87. The van der Waals surface area contributed by atoms with Crippen molar-refractivity contribution < 1.29 is 13.2 Å². The van der Waals surface area contributed by atoms with Gasteiger partial charge >= 0.3 is 0 Å². The highest BCUT2D eigenvalue weighted by molar-refractivity contribution is 7.87. The van der Waals surface area contributed by atoms with E-state index in [4.69, 9.17) is 11.6 Å². The van der Waals surface area contributed by atoms with Gasteiger partial charge in [0, 0.05) is 41.1 Å². The molecule has 7 nitrogen and oxygen atoms in total. The Bertz CT molecular complexity index is 1270. The molecular weight excluding hydrogens is 436 g/mol. The third kappa shape index (κ3) is 4.16. The minimum atomic E-state index is -3.69. The van der Waals surface area contributed by atoms with E-state index in [2.05, 4.69) is 15.0 Å². The van der Waals surface area contributed by atoms with Crippen molar-refractivity contribution in [1.82, 2.24) is 14.0 Å². The second-order valence-corrected chi connectivity index (χ2v) is 10.1. The van der Waals surface area contributed by atoms with Crippen LogP contribution in [-0.2, 0) is 21.5 Å².